The van der Waals surface area contributed by atoms with Gasteiger partial charge in [0.15, 0.2) is 6.10 Å². The molecule has 0 fully saturated rings. The third-order valence-electron chi connectivity index (χ3n) is 4.00. The van der Waals surface area contributed by atoms with Crippen molar-refractivity contribution in [2.75, 3.05) is 11.9 Å². The molecule has 0 aliphatic heterocycles. The Morgan fingerprint density at radius 1 is 1.11 bits per heavy atom. The van der Waals surface area contributed by atoms with Crippen molar-refractivity contribution < 1.29 is 27.1 Å². The predicted molar refractivity (Wildman–Crippen MR) is 102 cm³/mol. The van der Waals surface area contributed by atoms with Crippen molar-refractivity contribution in [1.29, 1.82) is 0 Å². The van der Waals surface area contributed by atoms with Gasteiger partial charge in [-0.3, -0.25) is 9.59 Å². The number of benzene rings is 2. The van der Waals surface area contributed by atoms with Gasteiger partial charge in [0.1, 0.15) is 12.4 Å². The highest BCUT2D eigenvalue weighted by Crippen LogP contribution is 2.15. The lowest BCUT2D eigenvalue weighted by Crippen LogP contribution is -2.36. The van der Waals surface area contributed by atoms with E-state index in [1.807, 2.05) is 6.92 Å². The molecule has 0 aliphatic rings. The first-order valence-electron chi connectivity index (χ1n) is 8.42. The first kappa shape index (κ1) is 21.5. The molecule has 0 saturated carbocycles. The Bertz CT molecular complexity index is 992. The number of halogens is 1. The second kappa shape index (κ2) is 8.94. The molecule has 1 amide bonds. The van der Waals surface area contributed by atoms with Gasteiger partial charge in [0, 0.05) is 0 Å². The van der Waals surface area contributed by atoms with Gasteiger partial charge in [-0.2, -0.15) is 4.72 Å². The maximum atomic E-state index is 13.5. The maximum absolute atomic E-state index is 13.5. The fourth-order valence-electron chi connectivity index (χ4n) is 2.21. The van der Waals surface area contributed by atoms with Gasteiger partial charge in [-0.25, -0.2) is 12.8 Å². The molecule has 0 heterocycles. The highest BCUT2D eigenvalue weighted by molar-refractivity contribution is 7.89. The third-order valence-corrected chi connectivity index (χ3v) is 5.40. The van der Waals surface area contributed by atoms with Gasteiger partial charge in [0.25, 0.3) is 5.91 Å². The van der Waals surface area contributed by atoms with Gasteiger partial charge in [-0.1, -0.05) is 18.2 Å². The van der Waals surface area contributed by atoms with Crippen molar-refractivity contribution in [1.82, 2.24) is 4.72 Å². The molecule has 0 radical (unpaired) electrons. The molecular weight excluding hydrogens is 387 g/mol. The summed E-state index contributed by atoms with van der Waals surface area (Å²) in [7, 11) is -3.91. The van der Waals surface area contributed by atoms with E-state index in [-0.39, 0.29) is 10.6 Å². The molecule has 0 saturated heterocycles. The molecule has 28 heavy (non-hydrogen) atoms. The highest BCUT2D eigenvalue weighted by Gasteiger charge is 2.21. The van der Waals surface area contributed by atoms with Crippen molar-refractivity contribution >= 4 is 27.6 Å². The van der Waals surface area contributed by atoms with Crippen LogP contribution in [0.1, 0.15) is 18.1 Å². The Hall–Kier alpha value is -2.78. The zero-order valence-corrected chi connectivity index (χ0v) is 16.5. The number of ether oxygens (including phenoxy) is 1. The monoisotopic (exact) mass is 408 g/mol. The lowest BCUT2D eigenvalue weighted by Gasteiger charge is -2.14. The smallest absolute Gasteiger partial charge is 0.321 e. The average molecular weight is 408 g/mol. The normalized spacial score (nSPS) is 12.3. The molecule has 7 nitrogen and oxygen atoms in total. The quantitative estimate of drug-likeness (QED) is 0.685. The lowest BCUT2D eigenvalue weighted by molar-refractivity contribution is -0.151. The molecule has 0 bridgehead atoms. The van der Waals surface area contributed by atoms with Crippen LogP contribution in [0.5, 0.6) is 0 Å². The molecule has 150 valence electrons. The molecule has 2 aromatic rings. The summed E-state index contributed by atoms with van der Waals surface area (Å²) in [5.41, 5.74) is 1.68. The number of hydrogen-bond donors (Lipinski definition) is 2. The topological polar surface area (TPSA) is 102 Å². The van der Waals surface area contributed by atoms with Crippen molar-refractivity contribution in [2.24, 2.45) is 0 Å². The molecule has 0 aliphatic carbocycles. The van der Waals surface area contributed by atoms with Crippen LogP contribution in [0.15, 0.2) is 47.4 Å². The van der Waals surface area contributed by atoms with Gasteiger partial charge in [-0.15, -0.1) is 0 Å². The van der Waals surface area contributed by atoms with Crippen LogP contribution in [0.3, 0.4) is 0 Å². The zero-order chi connectivity index (χ0) is 20.9. The Morgan fingerprint density at radius 3 is 2.43 bits per heavy atom. The van der Waals surface area contributed by atoms with E-state index in [1.54, 1.807) is 13.0 Å². The first-order valence-corrected chi connectivity index (χ1v) is 9.90. The Kier molecular flexibility index (Phi) is 6.87. The van der Waals surface area contributed by atoms with Gasteiger partial charge in [-0.05, 0) is 56.2 Å². The summed E-state index contributed by atoms with van der Waals surface area (Å²) in [5, 5.41) is 2.30. The number of anilines is 1. The summed E-state index contributed by atoms with van der Waals surface area (Å²) in [6.45, 7) is 4.28. The summed E-state index contributed by atoms with van der Waals surface area (Å²) < 4.78 is 45.1. The summed E-state index contributed by atoms with van der Waals surface area (Å²) in [6.07, 6.45) is -1.24. The van der Waals surface area contributed by atoms with E-state index in [4.69, 9.17) is 4.74 Å². The number of hydrogen-bond acceptors (Lipinski definition) is 5. The minimum absolute atomic E-state index is 0.0220. The summed E-state index contributed by atoms with van der Waals surface area (Å²) in [5.74, 6) is -2.31. The number of carbonyl (C=O) groups is 2. The number of aryl methyl sites for hydroxylation is 2. The van der Waals surface area contributed by atoms with Gasteiger partial charge >= 0.3 is 5.97 Å². The number of nitrogens with one attached hydrogen (secondary N) is 2. The largest absolute Gasteiger partial charge is 0.452 e. The second-order valence-corrected chi connectivity index (χ2v) is 7.94. The van der Waals surface area contributed by atoms with Crippen LogP contribution in [0, 0.1) is 19.7 Å². The van der Waals surface area contributed by atoms with Gasteiger partial charge in [0.2, 0.25) is 10.0 Å². The van der Waals surface area contributed by atoms with Crippen molar-refractivity contribution in [2.45, 2.75) is 31.8 Å². The molecule has 2 N–H and O–H groups in total. The lowest BCUT2D eigenvalue weighted by atomic mass is 10.1. The van der Waals surface area contributed by atoms with E-state index in [9.17, 15) is 22.4 Å². The van der Waals surface area contributed by atoms with E-state index in [0.29, 0.717) is 0 Å². The van der Waals surface area contributed by atoms with Crippen molar-refractivity contribution in [3.63, 3.8) is 0 Å². The molecule has 2 rings (SSSR count). The van der Waals surface area contributed by atoms with Crippen LogP contribution in [-0.2, 0) is 24.3 Å². The predicted octanol–water partition coefficient (Wildman–Crippen LogP) is 2.29. The zero-order valence-electron chi connectivity index (χ0n) is 15.7. The Balaban J connectivity index is 1.91. The molecule has 9 heteroatoms. The molecule has 0 spiro atoms. The Labute approximate surface area is 163 Å². The van der Waals surface area contributed by atoms with Crippen molar-refractivity contribution in [3.05, 3.63) is 59.4 Å². The van der Waals surface area contributed by atoms with Crippen LogP contribution in [0.25, 0.3) is 0 Å². The molecule has 2 aromatic carbocycles. The molecule has 0 unspecified atom stereocenters. The summed E-state index contributed by atoms with van der Waals surface area (Å²) in [4.78, 5) is 23.9. The van der Waals surface area contributed by atoms with Crippen LogP contribution in [0.2, 0.25) is 0 Å². The summed E-state index contributed by atoms with van der Waals surface area (Å²) in [6, 6.07) is 10.1. The number of para-hydroxylation sites is 1. The van der Waals surface area contributed by atoms with Crippen LogP contribution < -0.4 is 10.0 Å². The summed E-state index contributed by atoms with van der Waals surface area (Å²) >= 11 is 0. The Morgan fingerprint density at radius 2 is 1.79 bits per heavy atom. The van der Waals surface area contributed by atoms with E-state index in [1.165, 1.54) is 43.3 Å². The number of sulfonamides is 1. The van der Waals surface area contributed by atoms with E-state index in [0.717, 1.165) is 11.1 Å². The number of rotatable bonds is 7. The molecule has 0 aromatic heterocycles. The molecular formula is C19H21FN2O5S. The highest BCUT2D eigenvalue weighted by atomic mass is 32.2. The molecule has 1 atom stereocenters. The van der Waals surface area contributed by atoms with Gasteiger partial charge < -0.3 is 10.1 Å². The minimum atomic E-state index is -3.91. The van der Waals surface area contributed by atoms with Crippen LogP contribution in [-0.4, -0.2) is 32.9 Å². The number of amides is 1. The maximum Gasteiger partial charge on any atom is 0.321 e. The van der Waals surface area contributed by atoms with E-state index < -0.39 is 40.4 Å². The second-order valence-electron chi connectivity index (χ2n) is 6.17. The fraction of sp³-hybridized carbons (Fsp3) is 0.263. The minimum Gasteiger partial charge on any atom is -0.452 e. The number of carbonyl (C=O) groups excluding carboxylic acids is 2. The van der Waals surface area contributed by atoms with Gasteiger partial charge in [0.05, 0.1) is 10.6 Å². The SMILES string of the molecule is Cc1ccc(S(=O)(=O)NCC(=O)O[C@H](C)C(=O)Nc2ccccc2F)cc1C. The first-order chi connectivity index (χ1) is 13.1. The van der Waals surface area contributed by atoms with Crippen LogP contribution >= 0.6 is 0 Å². The van der Waals surface area contributed by atoms with E-state index >= 15 is 0 Å². The average Bonchev–Trinajstić information content (AvgIpc) is 2.64. The fourth-order valence-corrected chi connectivity index (χ4v) is 3.26. The third kappa shape index (κ3) is 5.61. The van der Waals surface area contributed by atoms with Crippen LogP contribution in [0.4, 0.5) is 10.1 Å². The van der Waals surface area contributed by atoms with Crippen molar-refractivity contribution in [3.8, 4) is 0 Å². The van der Waals surface area contributed by atoms with E-state index in [2.05, 4.69) is 10.0 Å². The standard InChI is InChI=1S/C19H21FN2O5S/c1-12-8-9-15(10-13(12)2)28(25,26)21-11-18(23)27-14(3)19(24)22-17-7-5-4-6-16(17)20/h4-10,14,21H,11H2,1-3H3,(H,22,24)/t14-/m1/s1. The number of esters is 1.